The van der Waals surface area contributed by atoms with Crippen molar-refractivity contribution in [3.8, 4) is 51.0 Å². The Bertz CT molecular complexity index is 6270. The molecule has 616 valence electrons. The van der Waals surface area contributed by atoms with Gasteiger partial charge in [-0.05, 0) is 117 Å². The SMILES string of the molecule is COc1cc(-c2cncn2C)ccc1Nc1cc(Cl)nc2c1nc(C(F)F)n2C1CCCCO1.[C-]#[N+]c1cccc(Cc2cc(Nc3ccc(-c4cncn4C)cc3OC)c3c(n2)CC(C(F)F)=N3)n1.[C-]#[N+]c1cccc(Cc2cc(Nc3ccc(-c4cncn4C)cc3OC)c3nc(C(F)F)n(C4CCCCO4)c3n2)n1.[C-]#[N+]c1cccc(N)n1. The highest BCUT2D eigenvalue weighted by Gasteiger charge is 2.33. The van der Waals surface area contributed by atoms with Crippen molar-refractivity contribution in [3.05, 3.63) is 244 Å². The van der Waals surface area contributed by atoms with Crippen LogP contribution in [0.4, 0.5) is 89.4 Å². The number of nitrogens with one attached hydrogen (secondary N) is 3. The molecule has 2 saturated heterocycles. The number of aliphatic imine (C=N–C) groups is 1. The van der Waals surface area contributed by atoms with E-state index in [2.05, 4.69) is 85.3 Å². The summed E-state index contributed by atoms with van der Waals surface area (Å²) >= 11 is 6.31. The lowest BCUT2D eigenvalue weighted by atomic mass is 10.1. The summed E-state index contributed by atoms with van der Waals surface area (Å²) in [7, 11) is 10.4. The summed E-state index contributed by atoms with van der Waals surface area (Å²) in [5.74, 6) is 2.19. The first kappa shape index (κ1) is 83.2. The number of benzene rings is 3. The monoisotopic (exact) mass is 1660 g/mol. The van der Waals surface area contributed by atoms with Gasteiger partial charge in [-0.1, -0.05) is 67.7 Å². The maximum Gasteiger partial charge on any atom is 0.295 e. The van der Waals surface area contributed by atoms with Gasteiger partial charge in [-0.25, -0.2) is 66.2 Å². The van der Waals surface area contributed by atoms with Gasteiger partial charge in [0.15, 0.2) is 22.9 Å². The molecule has 3 aliphatic rings. The van der Waals surface area contributed by atoms with E-state index in [1.54, 1.807) is 132 Å². The number of aryl methyl sites for hydroxylation is 3. The number of rotatable bonds is 21. The largest absolute Gasteiger partial charge is 0.495 e. The van der Waals surface area contributed by atoms with E-state index in [0.29, 0.717) is 141 Å². The van der Waals surface area contributed by atoms with Gasteiger partial charge in [0.05, 0.1) is 146 Å². The molecule has 121 heavy (non-hydrogen) atoms. The Balaban J connectivity index is 0.000000141. The second-order valence-electron chi connectivity index (χ2n) is 27.8. The lowest BCUT2D eigenvalue weighted by Gasteiger charge is -2.25. The quantitative estimate of drug-likeness (QED) is 0.0295. The third-order valence-corrected chi connectivity index (χ3v) is 20.0. The second kappa shape index (κ2) is 37.5. The Morgan fingerprint density at radius 3 is 1.30 bits per heavy atom. The molecule has 0 bridgehead atoms. The van der Waals surface area contributed by atoms with Crippen molar-refractivity contribution in [2.75, 3.05) is 56.2 Å². The number of hydrogen-bond acceptors (Lipinski definition) is 21. The number of ether oxygens (including phenoxy) is 5. The predicted molar refractivity (Wildman–Crippen MR) is 446 cm³/mol. The van der Waals surface area contributed by atoms with E-state index in [1.807, 2.05) is 89.4 Å². The summed E-state index contributed by atoms with van der Waals surface area (Å²) in [5.41, 5.74) is 18.4. The van der Waals surface area contributed by atoms with Crippen molar-refractivity contribution in [1.29, 1.82) is 0 Å². The van der Waals surface area contributed by atoms with Crippen LogP contribution in [0.25, 0.3) is 70.6 Å². The number of nitrogens with two attached hydrogens (primary N) is 1. The molecule has 3 aromatic carbocycles. The van der Waals surface area contributed by atoms with Gasteiger partial charge >= 0.3 is 0 Å². The molecule has 3 aliphatic heterocycles. The van der Waals surface area contributed by atoms with Gasteiger partial charge in [0.25, 0.3) is 36.7 Å². The molecular formula is C85H77ClF6N24O5. The Hall–Kier alpha value is -14.3. The molecule has 0 spiro atoms. The maximum absolute atomic E-state index is 14.4. The summed E-state index contributed by atoms with van der Waals surface area (Å²) in [4.78, 5) is 61.3. The zero-order valence-corrected chi connectivity index (χ0v) is 66.7. The highest BCUT2D eigenvalue weighted by molar-refractivity contribution is 6.30. The second-order valence-corrected chi connectivity index (χ2v) is 28.2. The number of pyridine rings is 6. The highest BCUT2D eigenvalue weighted by Crippen LogP contribution is 2.44. The molecule has 2 atom stereocenters. The zero-order chi connectivity index (χ0) is 85.0. The number of anilines is 7. The molecule has 17 rings (SSSR count). The van der Waals surface area contributed by atoms with E-state index in [9.17, 15) is 26.3 Å². The number of alkyl halides is 6. The molecule has 0 saturated carbocycles. The molecule has 29 nitrogen and oxygen atoms in total. The fraction of sp³-hybridized carbons (Fsp3) is 0.259. The molecular weight excluding hydrogens is 1590 g/mol. The minimum absolute atomic E-state index is 0.0262. The highest BCUT2D eigenvalue weighted by atomic mass is 35.5. The van der Waals surface area contributed by atoms with E-state index in [-0.39, 0.29) is 46.5 Å². The number of imidazole rings is 5. The Morgan fingerprint density at radius 2 is 0.901 bits per heavy atom. The number of aromatic nitrogens is 16. The van der Waals surface area contributed by atoms with Crippen LogP contribution in [0, 0.1) is 19.7 Å². The topological polar surface area (TPSA) is 300 Å². The number of halogens is 7. The van der Waals surface area contributed by atoms with Crippen LogP contribution in [0.2, 0.25) is 5.15 Å². The summed E-state index contributed by atoms with van der Waals surface area (Å²) < 4.78 is 121. The predicted octanol–water partition coefficient (Wildman–Crippen LogP) is 19.5. The standard InChI is InChI=1S/C30H28F2N8O2.C26H21F2N7O.C23H23ClF2N6O2.C6H5N3/c1-33-25-8-6-7-19(35-25)14-20-15-22(37-21-11-10-18(13-24(21)41-3)23-16-34-17-39(23)2)27-29(36-20)40(30(38-27)28(31)32)26-9-4-5-12-42-26;1-29-24-6-4-5-16(32-24)10-17-11-19(25-20(31-17)12-21(34-25)26(27)28)33-18-8-7-15(9-23(18)36-3)22-13-30-14-35(22)2;1-31-12-27-11-16(31)13-6-7-14(17(9-13)33-2)28-15-10-18(24)29-22-20(15)30-23(21(25)26)32(22)19-5-3-4-8-34-19;1-8-6-4-2-3-5(7)9-6/h6-8,10-11,13,15-17,26,28H,4-5,9,12,14H2,2-3H3,(H,36,37);4-9,11,13-14,26H,10,12H2,2-3H3,(H,31,33);6-7,9-12,19,21H,3-5,8H2,1-2H3,(H,28,29);2-4H,(H2,7,9). The van der Waals surface area contributed by atoms with Crippen molar-refractivity contribution in [2.24, 2.45) is 26.1 Å². The smallest absolute Gasteiger partial charge is 0.295 e. The Kier molecular flexibility index (Phi) is 25.8. The van der Waals surface area contributed by atoms with E-state index < -0.39 is 43.4 Å². The summed E-state index contributed by atoms with van der Waals surface area (Å²) in [6.07, 6.45) is 6.28. The molecule has 11 aromatic heterocycles. The molecule has 5 N–H and O–H groups in total. The number of nitrogens with zero attached hydrogens (tertiary/aromatic N) is 20. The van der Waals surface area contributed by atoms with Gasteiger partial charge in [-0.2, -0.15) is 0 Å². The van der Waals surface area contributed by atoms with Gasteiger partial charge < -0.3 is 73.6 Å². The molecule has 14 heterocycles. The van der Waals surface area contributed by atoms with Gasteiger partial charge in [0, 0.05) is 69.6 Å². The minimum Gasteiger partial charge on any atom is -0.495 e. The molecule has 2 unspecified atom stereocenters. The molecule has 0 aliphatic carbocycles. The van der Waals surface area contributed by atoms with Gasteiger partial charge in [0.2, 0.25) is 5.82 Å². The van der Waals surface area contributed by atoms with Crippen LogP contribution in [-0.2, 0) is 49.9 Å². The number of nitrogen functional groups attached to an aromatic ring is 1. The maximum atomic E-state index is 14.4. The van der Waals surface area contributed by atoms with Gasteiger partial charge in [-0.15, -0.1) is 15.0 Å². The third kappa shape index (κ3) is 19.0. The van der Waals surface area contributed by atoms with E-state index in [0.717, 1.165) is 59.5 Å². The summed E-state index contributed by atoms with van der Waals surface area (Å²) in [6.45, 7) is 22.0. The lowest BCUT2D eigenvalue weighted by Crippen LogP contribution is -2.20. The van der Waals surface area contributed by atoms with Gasteiger partial charge in [-0.3, -0.25) is 14.1 Å². The van der Waals surface area contributed by atoms with Crippen molar-refractivity contribution in [3.63, 3.8) is 0 Å². The first-order valence-corrected chi connectivity index (χ1v) is 38.3. The van der Waals surface area contributed by atoms with Crippen LogP contribution in [0.3, 0.4) is 0 Å². The number of hydrogen-bond donors (Lipinski definition) is 4. The average molecular weight is 1660 g/mol. The first-order chi connectivity index (χ1) is 58.7. The van der Waals surface area contributed by atoms with E-state index >= 15 is 0 Å². The van der Waals surface area contributed by atoms with E-state index in [4.69, 9.17) is 65.7 Å². The molecule has 0 radical (unpaired) electrons. The Labute approximate surface area is 694 Å². The van der Waals surface area contributed by atoms with E-state index in [1.165, 1.54) is 9.13 Å². The Morgan fingerprint density at radius 1 is 0.479 bits per heavy atom. The normalized spacial score (nSPS) is 14.1. The van der Waals surface area contributed by atoms with Crippen molar-refractivity contribution >= 4 is 103 Å². The molecule has 2 fully saturated rings. The van der Waals surface area contributed by atoms with Crippen LogP contribution in [0.15, 0.2) is 170 Å². The molecule has 36 heteroatoms. The zero-order valence-electron chi connectivity index (χ0n) is 66.0. The lowest BCUT2D eigenvalue weighted by molar-refractivity contribution is -0.0363. The number of methoxy groups -OCH3 is 3. The van der Waals surface area contributed by atoms with Crippen LogP contribution in [-0.4, -0.2) is 124 Å². The minimum atomic E-state index is -2.83. The molecule has 14 aromatic rings. The van der Waals surface area contributed by atoms with Gasteiger partial charge in [0.1, 0.15) is 63.0 Å². The third-order valence-electron chi connectivity index (χ3n) is 19.8. The first-order valence-electron chi connectivity index (χ1n) is 37.9. The van der Waals surface area contributed by atoms with Crippen LogP contribution >= 0.6 is 11.6 Å². The van der Waals surface area contributed by atoms with Crippen molar-refractivity contribution < 1.29 is 50.0 Å². The van der Waals surface area contributed by atoms with Crippen LogP contribution < -0.4 is 35.9 Å². The van der Waals surface area contributed by atoms with Crippen LogP contribution in [0.1, 0.15) is 104 Å². The summed E-state index contributed by atoms with van der Waals surface area (Å²) in [6, 6.07) is 37.5. The summed E-state index contributed by atoms with van der Waals surface area (Å²) in [5, 5.41) is 10.1. The fourth-order valence-electron chi connectivity index (χ4n) is 14.1. The molecule has 0 amide bonds. The van der Waals surface area contributed by atoms with Crippen molar-refractivity contribution in [2.45, 2.75) is 89.5 Å². The van der Waals surface area contributed by atoms with Crippen molar-refractivity contribution in [1.82, 2.24) is 77.7 Å². The average Bonchev–Trinajstić information content (AvgIpc) is 1.61. The fourth-order valence-corrected chi connectivity index (χ4v) is 14.3. The van der Waals surface area contributed by atoms with Crippen LogP contribution in [0.5, 0.6) is 17.2 Å². The number of fused-ring (bicyclic) bond motifs is 3.